The van der Waals surface area contributed by atoms with Gasteiger partial charge >= 0.3 is 0 Å². The average molecular weight is 329 g/mol. The van der Waals surface area contributed by atoms with Crippen molar-refractivity contribution in [2.75, 3.05) is 19.6 Å². The van der Waals surface area contributed by atoms with Crippen molar-refractivity contribution in [3.63, 3.8) is 0 Å². The summed E-state index contributed by atoms with van der Waals surface area (Å²) in [6.07, 6.45) is 1.33. The van der Waals surface area contributed by atoms with Gasteiger partial charge in [-0.05, 0) is 44.0 Å². The molecule has 1 aromatic heterocycles. The highest BCUT2D eigenvalue weighted by molar-refractivity contribution is 5.85. The number of nitrogens with one attached hydrogen (secondary N) is 1. The van der Waals surface area contributed by atoms with Crippen LogP contribution in [0.1, 0.15) is 17.7 Å². The van der Waals surface area contributed by atoms with Crippen molar-refractivity contribution < 1.29 is 4.42 Å². The van der Waals surface area contributed by atoms with Gasteiger partial charge in [0.1, 0.15) is 11.3 Å². The highest BCUT2D eigenvalue weighted by atomic mass is 35.5. The first kappa shape index (κ1) is 16.6. The number of fused-ring (bicyclic) bond motifs is 2. The number of rotatable bonds is 2. The molecule has 2 aliphatic rings. The molecule has 0 unspecified atom stereocenters. The van der Waals surface area contributed by atoms with Crippen LogP contribution in [0.4, 0.5) is 0 Å². The minimum atomic E-state index is 0. The van der Waals surface area contributed by atoms with E-state index in [1.807, 2.05) is 6.07 Å². The molecule has 5 heteroatoms. The maximum Gasteiger partial charge on any atom is 0.134 e. The Labute approximate surface area is 137 Å². The first-order valence-corrected chi connectivity index (χ1v) is 7.24. The van der Waals surface area contributed by atoms with Crippen LogP contribution in [0.15, 0.2) is 28.7 Å². The largest absolute Gasteiger partial charge is 0.459 e. The molecule has 2 saturated heterocycles. The second-order valence-electron chi connectivity index (χ2n) is 5.89. The molecule has 2 aromatic rings. The highest BCUT2D eigenvalue weighted by Crippen LogP contribution is 2.31. The van der Waals surface area contributed by atoms with Crippen LogP contribution < -0.4 is 5.32 Å². The Hall–Kier alpha value is -0.740. The summed E-state index contributed by atoms with van der Waals surface area (Å²) in [6, 6.07) is 9.06. The lowest BCUT2D eigenvalue weighted by atomic mass is 10.1. The van der Waals surface area contributed by atoms with Crippen molar-refractivity contribution in [1.82, 2.24) is 10.2 Å². The van der Waals surface area contributed by atoms with Crippen LogP contribution in [-0.4, -0.2) is 30.6 Å². The molecule has 21 heavy (non-hydrogen) atoms. The lowest BCUT2D eigenvalue weighted by Gasteiger charge is -2.22. The van der Waals surface area contributed by atoms with Crippen molar-refractivity contribution >= 4 is 35.8 Å². The van der Waals surface area contributed by atoms with Crippen molar-refractivity contribution in [2.45, 2.75) is 25.9 Å². The van der Waals surface area contributed by atoms with E-state index >= 15 is 0 Å². The normalized spacial score (nSPS) is 24.6. The second-order valence-corrected chi connectivity index (χ2v) is 5.89. The summed E-state index contributed by atoms with van der Waals surface area (Å²) in [5.74, 6) is 2.00. The molecule has 2 atom stereocenters. The monoisotopic (exact) mass is 328 g/mol. The number of aryl methyl sites for hydroxylation is 1. The summed E-state index contributed by atoms with van der Waals surface area (Å²) in [4.78, 5) is 2.59. The van der Waals surface area contributed by atoms with Crippen molar-refractivity contribution in [2.24, 2.45) is 5.92 Å². The average Bonchev–Trinajstić information content (AvgIpc) is 3.08. The zero-order valence-electron chi connectivity index (χ0n) is 12.2. The van der Waals surface area contributed by atoms with E-state index in [0.717, 1.165) is 30.4 Å². The number of likely N-dealkylation sites (tertiary alicyclic amines) is 1. The van der Waals surface area contributed by atoms with Crippen molar-refractivity contribution in [1.29, 1.82) is 0 Å². The lowest BCUT2D eigenvalue weighted by Crippen LogP contribution is -2.33. The van der Waals surface area contributed by atoms with Gasteiger partial charge in [-0.2, -0.15) is 0 Å². The Morgan fingerprint density at radius 3 is 2.86 bits per heavy atom. The van der Waals surface area contributed by atoms with E-state index in [-0.39, 0.29) is 24.8 Å². The van der Waals surface area contributed by atoms with Gasteiger partial charge in [0.2, 0.25) is 0 Å². The molecule has 0 saturated carbocycles. The molecule has 1 N–H and O–H groups in total. The molecule has 2 aliphatic heterocycles. The molecule has 0 amide bonds. The number of halogens is 2. The number of para-hydroxylation sites is 1. The molecule has 1 aromatic carbocycles. The zero-order chi connectivity index (χ0) is 12.8. The molecule has 2 fully saturated rings. The predicted octanol–water partition coefficient (Wildman–Crippen LogP) is 3.38. The second kappa shape index (κ2) is 6.57. The molecule has 4 rings (SSSR count). The van der Waals surface area contributed by atoms with Gasteiger partial charge in [-0.3, -0.25) is 4.90 Å². The van der Waals surface area contributed by atoms with Crippen LogP contribution >= 0.6 is 24.8 Å². The predicted molar refractivity (Wildman–Crippen MR) is 90.6 cm³/mol. The number of furan rings is 1. The minimum Gasteiger partial charge on any atom is -0.459 e. The smallest absolute Gasteiger partial charge is 0.134 e. The molecule has 0 bridgehead atoms. The number of hydrogen-bond donors (Lipinski definition) is 1. The van der Waals surface area contributed by atoms with E-state index in [1.54, 1.807) is 0 Å². The number of hydrogen-bond acceptors (Lipinski definition) is 3. The first-order chi connectivity index (χ1) is 9.33. The van der Waals surface area contributed by atoms with E-state index in [0.29, 0.717) is 6.04 Å². The van der Waals surface area contributed by atoms with Gasteiger partial charge in [-0.1, -0.05) is 18.2 Å². The molecule has 0 spiro atoms. The molecular formula is C16H22Cl2N2O. The Morgan fingerprint density at radius 1 is 1.24 bits per heavy atom. The summed E-state index contributed by atoms with van der Waals surface area (Å²) in [5.41, 5.74) is 2.33. The molecule has 3 nitrogen and oxygen atoms in total. The van der Waals surface area contributed by atoms with E-state index in [4.69, 9.17) is 4.42 Å². The molecule has 0 aliphatic carbocycles. The van der Waals surface area contributed by atoms with Gasteiger partial charge < -0.3 is 9.73 Å². The maximum atomic E-state index is 6.05. The third kappa shape index (κ3) is 2.80. The lowest BCUT2D eigenvalue weighted by molar-refractivity contribution is 0.226. The van der Waals surface area contributed by atoms with Crippen LogP contribution in [-0.2, 0) is 6.54 Å². The fourth-order valence-corrected chi connectivity index (χ4v) is 3.70. The Kier molecular flexibility index (Phi) is 5.20. The highest BCUT2D eigenvalue weighted by Gasteiger charge is 2.37. The number of benzene rings is 1. The summed E-state index contributed by atoms with van der Waals surface area (Å²) in [5, 5.41) is 4.77. The van der Waals surface area contributed by atoms with E-state index in [9.17, 15) is 0 Å². The topological polar surface area (TPSA) is 28.4 Å². The van der Waals surface area contributed by atoms with Crippen molar-refractivity contribution in [3.8, 4) is 0 Å². The van der Waals surface area contributed by atoms with Gasteiger partial charge in [0.25, 0.3) is 0 Å². The van der Waals surface area contributed by atoms with Gasteiger partial charge in [0.05, 0.1) is 6.54 Å². The Balaban J connectivity index is 0.000000807. The van der Waals surface area contributed by atoms with Gasteiger partial charge in [-0.25, -0.2) is 0 Å². The summed E-state index contributed by atoms with van der Waals surface area (Å²) in [7, 11) is 0. The van der Waals surface area contributed by atoms with Crippen LogP contribution in [0.25, 0.3) is 11.0 Å². The van der Waals surface area contributed by atoms with E-state index < -0.39 is 0 Å². The third-order valence-electron chi connectivity index (χ3n) is 4.85. The molecular weight excluding hydrogens is 307 g/mol. The zero-order valence-corrected chi connectivity index (χ0v) is 13.8. The molecule has 0 radical (unpaired) electrons. The standard InChI is InChI=1S/C16H20N2O.2ClH/c1-11-13-4-2-3-5-15(13)19-16(11)10-18-7-6-12-8-17-9-14(12)18;;/h2-5,12,14,17H,6-10H2,1H3;2*1H/t12-,14+;;/m0../s1. The molecule has 116 valence electrons. The summed E-state index contributed by atoms with van der Waals surface area (Å²) in [6.45, 7) is 6.70. The van der Waals surface area contributed by atoms with E-state index in [2.05, 4.69) is 35.3 Å². The minimum absolute atomic E-state index is 0. The van der Waals surface area contributed by atoms with Crippen LogP contribution in [0.2, 0.25) is 0 Å². The Morgan fingerprint density at radius 2 is 2.05 bits per heavy atom. The summed E-state index contributed by atoms with van der Waals surface area (Å²) < 4.78 is 6.05. The fourth-order valence-electron chi connectivity index (χ4n) is 3.70. The summed E-state index contributed by atoms with van der Waals surface area (Å²) >= 11 is 0. The van der Waals surface area contributed by atoms with Gasteiger partial charge in [0, 0.05) is 18.0 Å². The maximum absolute atomic E-state index is 6.05. The van der Waals surface area contributed by atoms with Crippen LogP contribution in [0.3, 0.4) is 0 Å². The fraction of sp³-hybridized carbons (Fsp3) is 0.500. The van der Waals surface area contributed by atoms with Crippen LogP contribution in [0, 0.1) is 12.8 Å². The molecule has 3 heterocycles. The SMILES string of the molecule is Cc1c(CN2CC[C@H]3CNC[C@H]32)oc2ccccc12.Cl.Cl. The quantitative estimate of drug-likeness (QED) is 0.916. The van der Waals surface area contributed by atoms with Gasteiger partial charge in [-0.15, -0.1) is 24.8 Å². The van der Waals surface area contributed by atoms with Crippen LogP contribution in [0.5, 0.6) is 0 Å². The third-order valence-corrected chi connectivity index (χ3v) is 4.85. The van der Waals surface area contributed by atoms with E-state index in [1.165, 1.54) is 30.5 Å². The Bertz CT molecular complexity index is 613. The first-order valence-electron chi connectivity index (χ1n) is 7.24. The van der Waals surface area contributed by atoms with Crippen molar-refractivity contribution in [3.05, 3.63) is 35.6 Å². The number of nitrogens with zero attached hydrogens (tertiary/aromatic N) is 1. The van der Waals surface area contributed by atoms with Gasteiger partial charge in [0.15, 0.2) is 0 Å².